The van der Waals surface area contributed by atoms with E-state index in [1.54, 1.807) is 33.8 Å². The molecule has 0 spiro atoms. The van der Waals surface area contributed by atoms with Gasteiger partial charge in [-0.3, -0.25) is 4.79 Å². The van der Waals surface area contributed by atoms with Crippen LogP contribution in [0.1, 0.15) is 34.8 Å². The molecule has 0 aliphatic carbocycles. The lowest BCUT2D eigenvalue weighted by atomic mass is 9.89. The molecule has 0 bridgehead atoms. The van der Waals surface area contributed by atoms with Gasteiger partial charge in [0.25, 0.3) is 5.91 Å². The average Bonchev–Trinajstić information content (AvgIpc) is 3.30. The van der Waals surface area contributed by atoms with Crippen LogP contribution < -0.4 is 0 Å². The lowest BCUT2D eigenvalue weighted by Gasteiger charge is -2.31. The molecule has 4 aromatic rings. The van der Waals surface area contributed by atoms with Crippen LogP contribution in [-0.4, -0.2) is 33.7 Å². The molecular weight excluding hydrogens is 472 g/mol. The number of rotatable bonds is 4. The number of benzene rings is 3. The first kappa shape index (κ1) is 22.6. The Morgan fingerprint density at radius 2 is 1.62 bits per heavy atom. The van der Waals surface area contributed by atoms with Crippen molar-refractivity contribution in [1.82, 2.24) is 14.7 Å². The molecule has 2 heterocycles. The van der Waals surface area contributed by atoms with E-state index in [0.717, 1.165) is 5.56 Å². The highest BCUT2D eigenvalue weighted by atomic mass is 35.5. The minimum atomic E-state index is -0.201. The number of halogens is 3. The zero-order chi connectivity index (χ0) is 23.7. The quantitative estimate of drug-likeness (QED) is 0.314. The molecule has 1 amide bonds. The summed E-state index contributed by atoms with van der Waals surface area (Å²) in [6.45, 7) is 1.06. The van der Waals surface area contributed by atoms with Gasteiger partial charge >= 0.3 is 0 Å². The Balaban J connectivity index is 1.43. The summed E-state index contributed by atoms with van der Waals surface area (Å²) in [7, 11) is 0. The summed E-state index contributed by atoms with van der Waals surface area (Å²) in [4.78, 5) is 15.1. The Morgan fingerprint density at radius 1 is 0.941 bits per heavy atom. The maximum Gasteiger partial charge on any atom is 0.275 e. The zero-order valence-electron chi connectivity index (χ0n) is 18.2. The molecule has 1 saturated heterocycles. The van der Waals surface area contributed by atoms with E-state index in [9.17, 15) is 9.18 Å². The molecule has 1 aliphatic rings. The standard InChI is InChI=1S/C27H21Cl2FN3O/c28-20-11-9-19(10-12-20)26-17-24(31-33(26)25-8-4-2-6-22(25)29)27(34)32-15-13-18(14-16-32)21-5-1-3-7-23(21)30/h1-12,18H,13-16H2. The number of carbonyl (C=O) groups excluding carboxylic acids is 1. The number of carbonyl (C=O) groups is 1. The molecule has 0 unspecified atom stereocenters. The van der Waals surface area contributed by atoms with Crippen molar-refractivity contribution in [1.29, 1.82) is 0 Å². The molecule has 1 aliphatic heterocycles. The van der Waals surface area contributed by atoms with Crippen LogP contribution in [0.25, 0.3) is 16.9 Å². The highest BCUT2D eigenvalue weighted by Gasteiger charge is 2.28. The van der Waals surface area contributed by atoms with Crippen LogP contribution in [0, 0.1) is 11.9 Å². The number of nitrogens with zero attached hydrogens (tertiary/aromatic N) is 3. The third kappa shape index (κ3) is 4.46. The largest absolute Gasteiger partial charge is 0.337 e. The summed E-state index contributed by atoms with van der Waals surface area (Å²) < 4.78 is 15.8. The summed E-state index contributed by atoms with van der Waals surface area (Å²) in [5.41, 5.74) is 3.02. The van der Waals surface area contributed by atoms with Gasteiger partial charge in [-0.05, 0) is 54.7 Å². The number of hydrogen-bond donors (Lipinski definition) is 0. The van der Waals surface area contributed by atoms with Crippen molar-refractivity contribution in [3.8, 4) is 16.9 Å². The van der Waals surface area contributed by atoms with Crippen LogP contribution in [0.3, 0.4) is 0 Å². The van der Waals surface area contributed by atoms with Gasteiger partial charge in [0.15, 0.2) is 5.69 Å². The molecule has 7 heteroatoms. The maximum absolute atomic E-state index is 14.2. The van der Waals surface area contributed by atoms with E-state index in [2.05, 4.69) is 11.2 Å². The van der Waals surface area contributed by atoms with Crippen molar-refractivity contribution in [2.24, 2.45) is 0 Å². The summed E-state index contributed by atoms with van der Waals surface area (Å²) in [5, 5.41) is 5.72. The van der Waals surface area contributed by atoms with Crippen LogP contribution in [-0.2, 0) is 0 Å². The molecule has 3 aromatic carbocycles. The van der Waals surface area contributed by atoms with Crippen LogP contribution in [0.5, 0.6) is 0 Å². The van der Waals surface area contributed by atoms with Gasteiger partial charge in [0.1, 0.15) is 5.82 Å². The van der Waals surface area contributed by atoms with E-state index in [0.29, 0.717) is 52.9 Å². The molecule has 5 rings (SSSR count). The summed E-state index contributed by atoms with van der Waals surface area (Å²) in [5.74, 6) is -0.292. The second kappa shape index (κ2) is 9.61. The Labute approximate surface area is 207 Å². The Bertz CT molecular complexity index is 1330. The SMILES string of the molecule is O=C(c1[c]c(-c2ccc(Cl)cc2)n(-c2ccccc2Cl)n1)N1CCC(c2ccccc2F)CC1. The van der Waals surface area contributed by atoms with Gasteiger partial charge in [-0.2, -0.15) is 5.10 Å². The van der Waals surface area contributed by atoms with E-state index in [1.165, 1.54) is 6.07 Å². The van der Waals surface area contributed by atoms with E-state index in [-0.39, 0.29) is 23.3 Å². The first-order valence-corrected chi connectivity index (χ1v) is 11.8. The Morgan fingerprint density at radius 3 is 2.32 bits per heavy atom. The molecule has 171 valence electrons. The highest BCUT2D eigenvalue weighted by molar-refractivity contribution is 6.32. The predicted octanol–water partition coefficient (Wildman–Crippen LogP) is 6.81. The summed E-state index contributed by atoms with van der Waals surface area (Å²) in [6, 6.07) is 24.7. The van der Waals surface area contributed by atoms with Crippen molar-refractivity contribution in [3.63, 3.8) is 0 Å². The number of amides is 1. The van der Waals surface area contributed by atoms with Gasteiger partial charge in [-0.15, -0.1) is 0 Å². The second-order valence-electron chi connectivity index (χ2n) is 8.28. The predicted molar refractivity (Wildman–Crippen MR) is 132 cm³/mol. The minimum Gasteiger partial charge on any atom is -0.337 e. The second-order valence-corrected chi connectivity index (χ2v) is 9.12. The van der Waals surface area contributed by atoms with Gasteiger partial charge < -0.3 is 4.90 Å². The van der Waals surface area contributed by atoms with Crippen molar-refractivity contribution in [2.45, 2.75) is 18.8 Å². The number of piperidine rings is 1. The maximum atomic E-state index is 14.2. The third-order valence-electron chi connectivity index (χ3n) is 6.18. The number of likely N-dealkylation sites (tertiary alicyclic amines) is 1. The van der Waals surface area contributed by atoms with Crippen LogP contribution in [0.15, 0.2) is 72.8 Å². The first-order chi connectivity index (χ1) is 16.5. The average molecular weight is 493 g/mol. The molecule has 34 heavy (non-hydrogen) atoms. The Kier molecular flexibility index (Phi) is 6.40. The van der Waals surface area contributed by atoms with E-state index < -0.39 is 0 Å². The normalized spacial score (nSPS) is 14.4. The van der Waals surface area contributed by atoms with Gasteiger partial charge in [0, 0.05) is 29.7 Å². The molecule has 1 fully saturated rings. The molecule has 0 N–H and O–H groups in total. The van der Waals surface area contributed by atoms with Gasteiger partial charge in [0.2, 0.25) is 0 Å². The molecule has 0 atom stereocenters. The highest BCUT2D eigenvalue weighted by Crippen LogP contribution is 2.32. The number of aromatic nitrogens is 2. The number of para-hydroxylation sites is 1. The zero-order valence-corrected chi connectivity index (χ0v) is 19.7. The molecule has 0 saturated carbocycles. The summed E-state index contributed by atoms with van der Waals surface area (Å²) >= 11 is 12.5. The first-order valence-electron chi connectivity index (χ1n) is 11.1. The topological polar surface area (TPSA) is 38.1 Å². The fraction of sp³-hybridized carbons (Fsp3) is 0.185. The smallest absolute Gasteiger partial charge is 0.275 e. The van der Waals surface area contributed by atoms with Crippen LogP contribution >= 0.6 is 23.2 Å². The van der Waals surface area contributed by atoms with Gasteiger partial charge in [0.05, 0.1) is 16.4 Å². The van der Waals surface area contributed by atoms with Gasteiger partial charge in [-0.1, -0.05) is 65.7 Å². The van der Waals surface area contributed by atoms with Crippen molar-refractivity contribution in [2.75, 3.05) is 13.1 Å². The molecule has 4 nitrogen and oxygen atoms in total. The summed E-state index contributed by atoms with van der Waals surface area (Å²) in [6.07, 6.45) is 1.39. The lowest BCUT2D eigenvalue weighted by Crippen LogP contribution is -2.38. The molecule has 1 aromatic heterocycles. The van der Waals surface area contributed by atoms with E-state index in [4.69, 9.17) is 23.2 Å². The molecule has 1 radical (unpaired) electrons. The van der Waals surface area contributed by atoms with Crippen LogP contribution in [0.2, 0.25) is 10.0 Å². The fourth-order valence-corrected chi connectivity index (χ4v) is 4.73. The van der Waals surface area contributed by atoms with Crippen molar-refractivity contribution < 1.29 is 9.18 Å². The third-order valence-corrected chi connectivity index (χ3v) is 6.75. The lowest BCUT2D eigenvalue weighted by molar-refractivity contribution is 0.0705. The van der Waals surface area contributed by atoms with Gasteiger partial charge in [-0.25, -0.2) is 9.07 Å². The molecular formula is C27H21Cl2FN3O. The van der Waals surface area contributed by atoms with Crippen molar-refractivity contribution >= 4 is 29.1 Å². The van der Waals surface area contributed by atoms with Crippen LogP contribution in [0.4, 0.5) is 4.39 Å². The number of hydrogen-bond acceptors (Lipinski definition) is 2. The minimum absolute atomic E-state index is 0.0968. The Hall–Kier alpha value is -3.15. The monoisotopic (exact) mass is 492 g/mol. The van der Waals surface area contributed by atoms with Crippen molar-refractivity contribution in [3.05, 3.63) is 106 Å². The fourth-order valence-electron chi connectivity index (χ4n) is 4.39. The van der Waals surface area contributed by atoms with E-state index in [1.807, 2.05) is 42.5 Å². The van der Waals surface area contributed by atoms with E-state index >= 15 is 0 Å².